The molecular weight excluding hydrogens is 280 g/mol. The number of carbonyl (C=O) groups excluding carboxylic acids is 1. The maximum absolute atomic E-state index is 11.4. The van der Waals surface area contributed by atoms with Crippen LogP contribution in [0.15, 0.2) is 24.4 Å². The van der Waals surface area contributed by atoms with Crippen LogP contribution in [0, 0.1) is 0 Å². The molecule has 8 heteroatoms. The average molecular weight is 292 g/mol. The maximum atomic E-state index is 11.4. The first-order chi connectivity index (χ1) is 9.63. The third kappa shape index (κ3) is 4.39. The molecule has 0 saturated heterocycles. The van der Waals surface area contributed by atoms with Crippen molar-refractivity contribution in [2.24, 2.45) is 0 Å². The van der Waals surface area contributed by atoms with Crippen molar-refractivity contribution < 1.29 is 14.7 Å². The molecule has 7 nitrogen and oxygen atoms in total. The van der Waals surface area contributed by atoms with Gasteiger partial charge in [-0.2, -0.15) is 0 Å². The summed E-state index contributed by atoms with van der Waals surface area (Å²) in [6, 6.07) is 5.60. The lowest BCUT2D eigenvalue weighted by Gasteiger charge is -1.97. The van der Waals surface area contributed by atoms with Crippen LogP contribution in [0.2, 0.25) is 0 Å². The Morgan fingerprint density at radius 3 is 2.80 bits per heavy atom. The molecule has 0 aromatic carbocycles. The minimum atomic E-state index is -1.01. The van der Waals surface area contributed by atoms with Crippen molar-refractivity contribution in [1.29, 1.82) is 0 Å². The smallest absolute Gasteiger partial charge is 0.303 e. The molecule has 2 aromatic rings. The number of nitrogens with one attached hydrogen (secondary N) is 1. The largest absolute Gasteiger partial charge is 0.481 e. The summed E-state index contributed by atoms with van der Waals surface area (Å²) in [7, 11) is 0. The number of nitrogens with zero attached hydrogens (tertiary/aromatic N) is 3. The molecule has 0 radical (unpaired) electrons. The summed E-state index contributed by atoms with van der Waals surface area (Å²) in [6.45, 7) is 0. The maximum Gasteiger partial charge on any atom is 0.303 e. The molecule has 1 amide bonds. The number of rotatable bonds is 6. The SMILES string of the molecule is O=C(O)CCC(=O)Nc1nnc(Cc2ccccn2)s1. The van der Waals surface area contributed by atoms with Crippen LogP contribution >= 0.6 is 11.3 Å². The summed E-state index contributed by atoms with van der Waals surface area (Å²) in [4.78, 5) is 26.0. The highest BCUT2D eigenvalue weighted by Gasteiger charge is 2.10. The van der Waals surface area contributed by atoms with E-state index in [9.17, 15) is 9.59 Å². The highest BCUT2D eigenvalue weighted by Crippen LogP contribution is 2.17. The van der Waals surface area contributed by atoms with E-state index >= 15 is 0 Å². The van der Waals surface area contributed by atoms with Crippen LogP contribution in [-0.2, 0) is 16.0 Å². The Morgan fingerprint density at radius 1 is 1.25 bits per heavy atom. The van der Waals surface area contributed by atoms with E-state index in [1.165, 1.54) is 11.3 Å². The van der Waals surface area contributed by atoms with Gasteiger partial charge in [-0.05, 0) is 12.1 Å². The molecule has 0 aliphatic heterocycles. The van der Waals surface area contributed by atoms with E-state index in [4.69, 9.17) is 5.11 Å². The quantitative estimate of drug-likeness (QED) is 0.832. The van der Waals surface area contributed by atoms with Gasteiger partial charge in [-0.3, -0.25) is 14.6 Å². The van der Waals surface area contributed by atoms with Gasteiger partial charge in [-0.25, -0.2) is 0 Å². The lowest BCUT2D eigenvalue weighted by molar-refractivity contribution is -0.138. The molecule has 2 aromatic heterocycles. The van der Waals surface area contributed by atoms with Crippen LogP contribution in [-0.4, -0.2) is 32.2 Å². The Kier molecular flexibility index (Phi) is 4.72. The first-order valence-corrected chi connectivity index (χ1v) is 6.69. The zero-order valence-corrected chi connectivity index (χ0v) is 11.3. The zero-order valence-electron chi connectivity index (χ0n) is 10.4. The summed E-state index contributed by atoms with van der Waals surface area (Å²) in [5.74, 6) is -1.39. The second kappa shape index (κ2) is 6.71. The molecule has 20 heavy (non-hydrogen) atoms. The highest BCUT2D eigenvalue weighted by atomic mass is 32.1. The normalized spacial score (nSPS) is 10.2. The molecule has 2 heterocycles. The van der Waals surface area contributed by atoms with E-state index < -0.39 is 5.97 Å². The second-order valence-electron chi connectivity index (χ2n) is 3.94. The Bertz CT molecular complexity index is 600. The second-order valence-corrected chi connectivity index (χ2v) is 5.00. The average Bonchev–Trinajstić information content (AvgIpc) is 2.85. The van der Waals surface area contributed by atoms with Gasteiger partial charge in [-0.15, -0.1) is 10.2 Å². The standard InChI is InChI=1S/C12H12N4O3S/c17-9(4-5-11(18)19)14-12-16-15-10(20-12)7-8-3-1-2-6-13-8/h1-3,6H,4-5,7H2,(H,18,19)(H,14,16,17). The van der Waals surface area contributed by atoms with Crippen molar-refractivity contribution in [3.05, 3.63) is 35.1 Å². The van der Waals surface area contributed by atoms with Crippen molar-refractivity contribution in [3.8, 4) is 0 Å². The van der Waals surface area contributed by atoms with Gasteiger partial charge in [0.05, 0.1) is 6.42 Å². The Morgan fingerprint density at radius 2 is 2.10 bits per heavy atom. The Hall–Kier alpha value is -2.35. The first kappa shape index (κ1) is 14.1. The topological polar surface area (TPSA) is 105 Å². The molecular formula is C12H12N4O3S. The van der Waals surface area contributed by atoms with Crippen molar-refractivity contribution in [3.63, 3.8) is 0 Å². The van der Waals surface area contributed by atoms with Crippen LogP contribution < -0.4 is 5.32 Å². The number of carboxylic acids is 1. The van der Waals surface area contributed by atoms with Gasteiger partial charge in [-0.1, -0.05) is 17.4 Å². The molecule has 0 bridgehead atoms. The summed E-state index contributed by atoms with van der Waals surface area (Å²) in [5.41, 5.74) is 0.868. The van der Waals surface area contributed by atoms with Gasteiger partial charge in [0.25, 0.3) is 0 Å². The minimum absolute atomic E-state index is 0.0789. The first-order valence-electron chi connectivity index (χ1n) is 5.87. The molecule has 0 spiro atoms. The number of hydrogen-bond donors (Lipinski definition) is 2. The number of aliphatic carboxylic acids is 1. The number of anilines is 1. The van der Waals surface area contributed by atoms with E-state index in [1.54, 1.807) is 6.20 Å². The monoisotopic (exact) mass is 292 g/mol. The molecule has 0 fully saturated rings. The molecule has 0 aliphatic rings. The van der Waals surface area contributed by atoms with E-state index in [-0.39, 0.29) is 18.7 Å². The number of aromatic nitrogens is 3. The molecule has 2 N–H and O–H groups in total. The third-order valence-corrected chi connectivity index (χ3v) is 3.18. The van der Waals surface area contributed by atoms with Gasteiger partial charge < -0.3 is 10.4 Å². The van der Waals surface area contributed by atoms with Crippen molar-refractivity contribution in [1.82, 2.24) is 15.2 Å². The molecule has 2 rings (SSSR count). The zero-order chi connectivity index (χ0) is 14.4. The summed E-state index contributed by atoms with van der Waals surface area (Å²) in [6.07, 6.45) is 1.96. The lowest BCUT2D eigenvalue weighted by Crippen LogP contribution is -2.12. The van der Waals surface area contributed by atoms with Crippen molar-refractivity contribution in [2.45, 2.75) is 19.3 Å². The highest BCUT2D eigenvalue weighted by molar-refractivity contribution is 7.15. The molecule has 0 saturated carbocycles. The predicted molar refractivity (Wildman–Crippen MR) is 72.5 cm³/mol. The fourth-order valence-corrected chi connectivity index (χ4v) is 2.21. The lowest BCUT2D eigenvalue weighted by atomic mass is 10.3. The van der Waals surface area contributed by atoms with Gasteiger partial charge in [0.2, 0.25) is 11.0 Å². The number of carbonyl (C=O) groups is 2. The van der Waals surface area contributed by atoms with Crippen molar-refractivity contribution >= 4 is 28.3 Å². The van der Waals surface area contributed by atoms with Gasteiger partial charge >= 0.3 is 5.97 Å². The Balaban J connectivity index is 1.89. The van der Waals surface area contributed by atoms with Gasteiger partial charge in [0.15, 0.2) is 0 Å². The minimum Gasteiger partial charge on any atom is -0.481 e. The van der Waals surface area contributed by atoms with E-state index in [1.807, 2.05) is 18.2 Å². The van der Waals surface area contributed by atoms with Gasteiger partial charge in [0, 0.05) is 24.7 Å². The van der Waals surface area contributed by atoms with Crippen LogP contribution in [0.25, 0.3) is 0 Å². The van der Waals surface area contributed by atoms with Crippen LogP contribution in [0.1, 0.15) is 23.5 Å². The molecule has 0 aliphatic carbocycles. The summed E-state index contributed by atoms with van der Waals surface area (Å²) in [5, 5.41) is 19.9. The number of carboxylic acid groups (broad SMARTS) is 1. The fraction of sp³-hybridized carbons (Fsp3) is 0.250. The number of pyridine rings is 1. The predicted octanol–water partition coefficient (Wildman–Crippen LogP) is 1.33. The van der Waals surface area contributed by atoms with Crippen LogP contribution in [0.5, 0.6) is 0 Å². The number of amides is 1. The van der Waals surface area contributed by atoms with Gasteiger partial charge in [0.1, 0.15) is 5.01 Å². The summed E-state index contributed by atoms with van der Waals surface area (Å²) < 4.78 is 0. The molecule has 0 unspecified atom stereocenters. The summed E-state index contributed by atoms with van der Waals surface area (Å²) >= 11 is 1.25. The van der Waals surface area contributed by atoms with Crippen LogP contribution in [0.4, 0.5) is 5.13 Å². The molecule has 104 valence electrons. The van der Waals surface area contributed by atoms with E-state index in [0.29, 0.717) is 11.6 Å². The molecule has 0 atom stereocenters. The van der Waals surface area contributed by atoms with Crippen LogP contribution in [0.3, 0.4) is 0 Å². The van der Waals surface area contributed by atoms with E-state index in [0.717, 1.165) is 10.7 Å². The van der Waals surface area contributed by atoms with E-state index in [2.05, 4.69) is 20.5 Å². The van der Waals surface area contributed by atoms with Crippen molar-refractivity contribution in [2.75, 3.05) is 5.32 Å². The third-order valence-electron chi connectivity index (χ3n) is 2.34. The fourth-order valence-electron chi connectivity index (χ4n) is 1.44. The Labute approximate surface area is 118 Å². The number of hydrogen-bond acceptors (Lipinski definition) is 6.